The zero-order valence-electron chi connectivity index (χ0n) is 13.5. The Morgan fingerprint density at radius 1 is 1.12 bits per heavy atom. The molecule has 0 atom stereocenters. The van der Waals surface area contributed by atoms with E-state index in [-0.39, 0.29) is 0 Å². The zero-order chi connectivity index (χ0) is 17.2. The van der Waals surface area contributed by atoms with Crippen molar-refractivity contribution in [3.8, 4) is 0 Å². The first kappa shape index (κ1) is 16.5. The third-order valence-corrected chi connectivity index (χ3v) is 4.71. The number of benzene rings is 2. The number of nitrogens with zero attached hydrogens (tertiary/aromatic N) is 2. The van der Waals surface area contributed by atoms with E-state index < -0.39 is 0 Å². The predicted molar refractivity (Wildman–Crippen MR) is 102 cm³/mol. The van der Waals surface area contributed by atoms with Crippen LogP contribution in [-0.4, -0.2) is 29.2 Å². The van der Waals surface area contributed by atoms with Crippen molar-refractivity contribution in [2.75, 3.05) is 13.2 Å². The largest absolute Gasteiger partial charge is 0.388 e. The van der Waals surface area contributed by atoms with Crippen LogP contribution < -0.4 is 0 Å². The number of nitrogens with one attached hydrogen (secondary N) is 1. The minimum absolute atomic E-state index is 0.555. The quantitative estimate of drug-likeness (QED) is 0.693. The van der Waals surface area contributed by atoms with Gasteiger partial charge in [0.05, 0.1) is 6.42 Å². The van der Waals surface area contributed by atoms with Crippen LogP contribution in [-0.2, 0) is 17.7 Å². The fourth-order valence-electron chi connectivity index (χ4n) is 2.99. The Morgan fingerprint density at radius 2 is 2.00 bits per heavy atom. The monoisotopic (exact) mass is 373 g/mol. The molecule has 0 fully saturated rings. The number of rotatable bonds is 5. The van der Waals surface area contributed by atoms with Gasteiger partial charge in [0, 0.05) is 33.7 Å². The first-order valence-corrected chi connectivity index (χ1v) is 8.89. The number of hydrogen-bond donors (Lipinski definition) is 1. The maximum Gasteiger partial charge on any atom is 0.215 e. The second kappa shape index (κ2) is 7.08. The van der Waals surface area contributed by atoms with Crippen molar-refractivity contribution in [3.05, 3.63) is 69.8 Å². The molecule has 1 aliphatic rings. The van der Waals surface area contributed by atoms with E-state index in [1.165, 1.54) is 5.56 Å². The summed E-state index contributed by atoms with van der Waals surface area (Å²) >= 11 is 12.1. The van der Waals surface area contributed by atoms with E-state index in [4.69, 9.17) is 28.0 Å². The highest BCUT2D eigenvalue weighted by Gasteiger charge is 2.18. The molecule has 0 amide bonds. The van der Waals surface area contributed by atoms with Crippen LogP contribution in [0.25, 0.3) is 10.9 Å². The van der Waals surface area contributed by atoms with Gasteiger partial charge in [0.1, 0.15) is 6.67 Å². The SMILES string of the molecule is Clc1cccc(CC2=NCN(CCc3c[nH]c4ccc(Cl)cc34)O2)c1. The fourth-order valence-corrected chi connectivity index (χ4v) is 3.38. The molecule has 6 heteroatoms. The third-order valence-electron chi connectivity index (χ3n) is 4.24. The number of fused-ring (bicyclic) bond motifs is 1. The molecule has 128 valence electrons. The summed E-state index contributed by atoms with van der Waals surface area (Å²) in [7, 11) is 0. The standard InChI is InChI=1S/C19H17Cl2N3O/c20-15-3-1-2-13(8-15)9-19-23-12-24(25-19)7-6-14-11-22-18-5-4-16(21)10-17(14)18/h1-5,8,10-11,22H,6-7,9,12H2. The molecule has 0 saturated carbocycles. The van der Waals surface area contributed by atoms with Crippen molar-refractivity contribution < 1.29 is 4.84 Å². The number of hydroxylamine groups is 2. The van der Waals surface area contributed by atoms with Crippen molar-refractivity contribution >= 4 is 40.0 Å². The highest BCUT2D eigenvalue weighted by Crippen LogP contribution is 2.23. The van der Waals surface area contributed by atoms with E-state index in [0.717, 1.165) is 45.4 Å². The van der Waals surface area contributed by atoms with Crippen molar-refractivity contribution in [1.82, 2.24) is 10.0 Å². The molecule has 1 N–H and O–H groups in total. The van der Waals surface area contributed by atoms with Gasteiger partial charge in [-0.3, -0.25) is 0 Å². The van der Waals surface area contributed by atoms with Gasteiger partial charge in [-0.1, -0.05) is 35.3 Å². The number of aromatic nitrogens is 1. The lowest BCUT2D eigenvalue weighted by molar-refractivity contribution is -0.0492. The molecule has 25 heavy (non-hydrogen) atoms. The second-order valence-corrected chi connectivity index (χ2v) is 6.92. The van der Waals surface area contributed by atoms with E-state index >= 15 is 0 Å². The average Bonchev–Trinajstić information content (AvgIpc) is 3.19. The molecule has 2 heterocycles. The number of aromatic amines is 1. The summed E-state index contributed by atoms with van der Waals surface area (Å²) in [6.45, 7) is 1.32. The van der Waals surface area contributed by atoms with Crippen molar-refractivity contribution in [3.63, 3.8) is 0 Å². The van der Waals surface area contributed by atoms with Crippen LogP contribution in [0.4, 0.5) is 0 Å². The number of aliphatic imine (C=N–C) groups is 1. The summed E-state index contributed by atoms with van der Waals surface area (Å²) in [5.74, 6) is 0.726. The minimum Gasteiger partial charge on any atom is -0.388 e. The lowest BCUT2D eigenvalue weighted by atomic mass is 10.1. The molecule has 0 bridgehead atoms. The van der Waals surface area contributed by atoms with Gasteiger partial charge >= 0.3 is 0 Å². The molecule has 0 spiro atoms. The van der Waals surface area contributed by atoms with Gasteiger partial charge in [-0.25, -0.2) is 4.99 Å². The first-order chi connectivity index (χ1) is 12.2. The van der Waals surface area contributed by atoms with Crippen molar-refractivity contribution in [1.29, 1.82) is 0 Å². The third kappa shape index (κ3) is 3.82. The van der Waals surface area contributed by atoms with Crippen LogP contribution >= 0.6 is 23.2 Å². The maximum absolute atomic E-state index is 6.11. The number of halogens is 2. The zero-order valence-corrected chi connectivity index (χ0v) is 15.0. The van der Waals surface area contributed by atoms with Gasteiger partial charge in [0.25, 0.3) is 0 Å². The van der Waals surface area contributed by atoms with Crippen LogP contribution in [0.5, 0.6) is 0 Å². The Hall–Kier alpha value is -2.01. The molecule has 1 aromatic heterocycles. The Bertz CT molecular complexity index is 935. The Labute approximate surface area is 156 Å². The average molecular weight is 374 g/mol. The van der Waals surface area contributed by atoms with E-state index in [9.17, 15) is 0 Å². The molecule has 0 radical (unpaired) electrons. The molecule has 2 aromatic carbocycles. The van der Waals surface area contributed by atoms with Gasteiger partial charge in [-0.05, 0) is 47.9 Å². The molecular weight excluding hydrogens is 357 g/mol. The molecule has 4 nitrogen and oxygen atoms in total. The van der Waals surface area contributed by atoms with Gasteiger partial charge in [0.15, 0.2) is 0 Å². The topological polar surface area (TPSA) is 40.6 Å². The summed E-state index contributed by atoms with van der Waals surface area (Å²) in [6.07, 6.45) is 3.55. The summed E-state index contributed by atoms with van der Waals surface area (Å²) in [6, 6.07) is 13.6. The van der Waals surface area contributed by atoms with E-state index in [2.05, 4.69) is 9.98 Å². The summed E-state index contributed by atoms with van der Waals surface area (Å²) in [5.41, 5.74) is 3.42. The molecule has 3 aromatic rings. The van der Waals surface area contributed by atoms with Gasteiger partial charge in [-0.15, -0.1) is 5.06 Å². The van der Waals surface area contributed by atoms with Crippen molar-refractivity contribution in [2.24, 2.45) is 4.99 Å². The Morgan fingerprint density at radius 3 is 2.88 bits per heavy atom. The Kier molecular flexibility index (Phi) is 4.66. The van der Waals surface area contributed by atoms with E-state index in [1.54, 1.807) is 0 Å². The summed E-state index contributed by atoms with van der Waals surface area (Å²) in [5, 5.41) is 4.51. The van der Waals surface area contributed by atoms with Crippen LogP contribution in [0.15, 0.2) is 53.7 Å². The van der Waals surface area contributed by atoms with Gasteiger partial charge < -0.3 is 9.82 Å². The number of H-pyrrole nitrogens is 1. The Balaban J connectivity index is 1.35. The summed E-state index contributed by atoms with van der Waals surface area (Å²) in [4.78, 5) is 13.6. The van der Waals surface area contributed by atoms with Crippen LogP contribution in [0.3, 0.4) is 0 Å². The molecule has 1 aliphatic heterocycles. The minimum atomic E-state index is 0.555. The fraction of sp³-hybridized carbons (Fsp3) is 0.211. The molecular formula is C19H17Cl2N3O. The molecule has 0 saturated heterocycles. The predicted octanol–water partition coefficient (Wildman–Crippen LogP) is 4.86. The summed E-state index contributed by atoms with van der Waals surface area (Å²) < 4.78 is 0. The van der Waals surface area contributed by atoms with E-state index in [0.29, 0.717) is 13.1 Å². The van der Waals surface area contributed by atoms with Crippen LogP contribution in [0, 0.1) is 0 Å². The number of hydrogen-bond acceptors (Lipinski definition) is 3. The smallest absolute Gasteiger partial charge is 0.215 e. The van der Waals surface area contributed by atoms with Crippen molar-refractivity contribution in [2.45, 2.75) is 12.8 Å². The van der Waals surface area contributed by atoms with Gasteiger partial charge in [-0.2, -0.15) is 0 Å². The molecule has 4 rings (SSSR count). The molecule has 0 unspecified atom stereocenters. The van der Waals surface area contributed by atoms with Crippen LogP contribution in [0.2, 0.25) is 10.0 Å². The normalized spacial score (nSPS) is 14.7. The lowest BCUT2D eigenvalue weighted by Gasteiger charge is -2.14. The highest BCUT2D eigenvalue weighted by atomic mass is 35.5. The van der Waals surface area contributed by atoms with Gasteiger partial charge in [0.2, 0.25) is 5.90 Å². The highest BCUT2D eigenvalue weighted by molar-refractivity contribution is 6.31. The second-order valence-electron chi connectivity index (χ2n) is 6.05. The lowest BCUT2D eigenvalue weighted by Crippen LogP contribution is -2.24. The molecule has 0 aliphatic carbocycles. The van der Waals surface area contributed by atoms with Crippen LogP contribution in [0.1, 0.15) is 11.1 Å². The first-order valence-electron chi connectivity index (χ1n) is 8.13. The maximum atomic E-state index is 6.11. The van der Waals surface area contributed by atoms with E-state index in [1.807, 2.05) is 53.7 Å².